The average Bonchev–Trinajstić information content (AvgIpc) is 2.56. The summed E-state index contributed by atoms with van der Waals surface area (Å²) in [5.41, 5.74) is 5.72. The van der Waals surface area contributed by atoms with Crippen LogP contribution in [0, 0.1) is 17.6 Å². The number of piperidine rings is 1. The van der Waals surface area contributed by atoms with Crippen LogP contribution < -0.4 is 10.5 Å². The number of carbonyl (C=O) groups is 1. The number of halogens is 3. The molecule has 2 atom stereocenters. The van der Waals surface area contributed by atoms with Gasteiger partial charge in [-0.25, -0.2) is 21.9 Å². The molecule has 0 aliphatic carbocycles. The first-order chi connectivity index (χ1) is 11.7. The van der Waals surface area contributed by atoms with E-state index in [0.29, 0.717) is 25.1 Å². The molecule has 10 heteroatoms. The second-order valence-electron chi connectivity index (χ2n) is 6.33. The van der Waals surface area contributed by atoms with E-state index in [1.54, 1.807) is 4.90 Å². The lowest BCUT2D eigenvalue weighted by Gasteiger charge is -2.38. The maximum Gasteiger partial charge on any atom is 0.240 e. The molecule has 148 valence electrons. The quantitative estimate of drug-likeness (QED) is 0.744. The van der Waals surface area contributed by atoms with Crippen LogP contribution in [0.3, 0.4) is 0 Å². The predicted molar refractivity (Wildman–Crippen MR) is 96.4 cm³/mol. The third kappa shape index (κ3) is 5.60. The average molecular weight is 412 g/mol. The number of hydrogen-bond donors (Lipinski definition) is 2. The molecule has 2 rings (SSSR count). The van der Waals surface area contributed by atoms with E-state index in [-0.39, 0.29) is 42.2 Å². The second-order valence-corrected chi connectivity index (χ2v) is 8.10. The van der Waals surface area contributed by atoms with Gasteiger partial charge >= 0.3 is 0 Å². The van der Waals surface area contributed by atoms with Crippen molar-refractivity contribution in [2.75, 3.05) is 19.6 Å². The smallest absolute Gasteiger partial charge is 0.240 e. The zero-order valence-electron chi connectivity index (χ0n) is 14.5. The summed E-state index contributed by atoms with van der Waals surface area (Å²) in [7, 11) is -4.01. The molecular formula is C16H24ClF2N3O3S. The molecule has 0 radical (unpaired) electrons. The fraction of sp³-hybridized carbons (Fsp3) is 0.562. The van der Waals surface area contributed by atoms with Gasteiger partial charge in [-0.1, -0.05) is 6.92 Å². The molecule has 1 aliphatic heterocycles. The Morgan fingerprint density at radius 1 is 1.35 bits per heavy atom. The lowest BCUT2D eigenvalue weighted by molar-refractivity contribution is -0.135. The monoisotopic (exact) mass is 411 g/mol. The van der Waals surface area contributed by atoms with Gasteiger partial charge in [-0.3, -0.25) is 4.79 Å². The second kappa shape index (κ2) is 9.59. The van der Waals surface area contributed by atoms with Gasteiger partial charge in [-0.2, -0.15) is 0 Å². The maximum atomic E-state index is 13.2. The van der Waals surface area contributed by atoms with Crippen molar-refractivity contribution in [3.8, 4) is 0 Å². The van der Waals surface area contributed by atoms with E-state index in [4.69, 9.17) is 5.73 Å². The highest BCUT2D eigenvalue weighted by Gasteiger charge is 2.28. The molecule has 2 unspecified atom stereocenters. The molecule has 26 heavy (non-hydrogen) atoms. The number of hydrogen-bond acceptors (Lipinski definition) is 4. The Morgan fingerprint density at radius 3 is 2.65 bits per heavy atom. The van der Waals surface area contributed by atoms with E-state index in [0.717, 1.165) is 25.0 Å². The summed E-state index contributed by atoms with van der Waals surface area (Å²) in [5.74, 6) is -2.03. The van der Waals surface area contributed by atoms with Crippen LogP contribution >= 0.6 is 12.4 Å². The third-order valence-electron chi connectivity index (χ3n) is 4.40. The minimum absolute atomic E-state index is 0. The van der Waals surface area contributed by atoms with Crippen molar-refractivity contribution in [2.45, 2.75) is 37.1 Å². The molecule has 0 bridgehead atoms. The summed E-state index contributed by atoms with van der Waals surface area (Å²) < 4.78 is 52.5. The van der Waals surface area contributed by atoms with E-state index >= 15 is 0 Å². The molecule has 0 spiro atoms. The van der Waals surface area contributed by atoms with Crippen LogP contribution in [0.4, 0.5) is 8.78 Å². The molecule has 0 saturated carbocycles. The number of amides is 1. The van der Waals surface area contributed by atoms with Crippen LogP contribution in [-0.4, -0.2) is 44.9 Å². The summed E-state index contributed by atoms with van der Waals surface area (Å²) in [5, 5.41) is 0. The van der Waals surface area contributed by atoms with Crippen LogP contribution in [-0.2, 0) is 14.8 Å². The van der Waals surface area contributed by atoms with E-state index < -0.39 is 21.7 Å². The van der Waals surface area contributed by atoms with Gasteiger partial charge < -0.3 is 10.6 Å². The standard InChI is InChI=1S/C16H23F2N3O3S.ClH/c1-11-5-7-21(12(8-11)10-19)16(22)4-6-20-25(23,24)13-2-3-14(17)15(18)9-13;/h2-3,9,11-12,20H,4-8,10,19H2,1H3;1H. The number of rotatable bonds is 6. The minimum atomic E-state index is -4.01. The summed E-state index contributed by atoms with van der Waals surface area (Å²) >= 11 is 0. The fourth-order valence-electron chi connectivity index (χ4n) is 2.97. The molecule has 3 N–H and O–H groups in total. The van der Waals surface area contributed by atoms with Gasteiger partial charge in [0.15, 0.2) is 11.6 Å². The number of nitrogens with two attached hydrogens (primary N) is 1. The van der Waals surface area contributed by atoms with E-state index in [1.807, 2.05) is 0 Å². The first-order valence-electron chi connectivity index (χ1n) is 8.19. The summed E-state index contributed by atoms with van der Waals surface area (Å²) in [6.45, 7) is 2.97. The van der Waals surface area contributed by atoms with Gasteiger partial charge in [-0.15, -0.1) is 12.4 Å². The molecule has 1 amide bonds. The van der Waals surface area contributed by atoms with Gasteiger partial charge in [0.2, 0.25) is 15.9 Å². The normalized spacial score (nSPS) is 20.5. The Kier molecular flexibility index (Phi) is 8.39. The van der Waals surface area contributed by atoms with Crippen molar-refractivity contribution in [1.29, 1.82) is 0 Å². The number of nitrogens with one attached hydrogen (secondary N) is 1. The van der Waals surface area contributed by atoms with Gasteiger partial charge in [0.1, 0.15) is 0 Å². The SMILES string of the molecule is CC1CCN(C(=O)CCNS(=O)(=O)c2ccc(F)c(F)c2)C(CN)C1.Cl. The van der Waals surface area contributed by atoms with Gasteiger partial charge in [0.25, 0.3) is 0 Å². The number of sulfonamides is 1. The molecule has 1 aromatic rings. The third-order valence-corrected chi connectivity index (χ3v) is 5.86. The number of benzene rings is 1. The zero-order chi connectivity index (χ0) is 18.6. The molecule has 1 saturated heterocycles. The Morgan fingerprint density at radius 2 is 2.04 bits per heavy atom. The first-order valence-corrected chi connectivity index (χ1v) is 9.67. The van der Waals surface area contributed by atoms with Crippen LogP contribution in [0.15, 0.2) is 23.1 Å². The molecule has 1 aromatic carbocycles. The highest BCUT2D eigenvalue weighted by molar-refractivity contribution is 7.89. The van der Waals surface area contributed by atoms with Crippen molar-refractivity contribution >= 4 is 28.3 Å². The number of carbonyl (C=O) groups excluding carboxylic acids is 1. The van der Waals surface area contributed by atoms with Crippen molar-refractivity contribution in [3.63, 3.8) is 0 Å². The van der Waals surface area contributed by atoms with Crippen LogP contribution in [0.1, 0.15) is 26.2 Å². The summed E-state index contributed by atoms with van der Waals surface area (Å²) in [6, 6.07) is 2.30. The largest absolute Gasteiger partial charge is 0.338 e. The van der Waals surface area contributed by atoms with Crippen molar-refractivity contribution in [3.05, 3.63) is 29.8 Å². The Labute approximate surface area is 158 Å². The predicted octanol–water partition coefficient (Wildman–Crippen LogP) is 1.64. The Balaban J connectivity index is 0.00000338. The summed E-state index contributed by atoms with van der Waals surface area (Å²) in [6.07, 6.45) is 1.71. The highest BCUT2D eigenvalue weighted by Crippen LogP contribution is 2.22. The van der Waals surface area contributed by atoms with E-state index in [1.165, 1.54) is 0 Å². The van der Waals surface area contributed by atoms with Gasteiger partial charge in [0, 0.05) is 32.1 Å². The molecule has 1 heterocycles. The first kappa shape index (κ1) is 22.8. The van der Waals surface area contributed by atoms with Crippen molar-refractivity contribution in [2.24, 2.45) is 11.7 Å². The molecule has 1 aliphatic rings. The highest BCUT2D eigenvalue weighted by atomic mass is 35.5. The maximum absolute atomic E-state index is 13.2. The lowest BCUT2D eigenvalue weighted by Crippen LogP contribution is -2.49. The topological polar surface area (TPSA) is 92.5 Å². The van der Waals surface area contributed by atoms with E-state index in [2.05, 4.69) is 11.6 Å². The number of likely N-dealkylation sites (tertiary alicyclic amines) is 1. The Hall–Kier alpha value is -1.29. The Bertz CT molecular complexity index is 733. The molecular weight excluding hydrogens is 388 g/mol. The molecule has 0 aromatic heterocycles. The van der Waals surface area contributed by atoms with Gasteiger partial charge in [-0.05, 0) is 37.0 Å². The fourth-order valence-corrected chi connectivity index (χ4v) is 4.01. The van der Waals surface area contributed by atoms with Crippen LogP contribution in [0.5, 0.6) is 0 Å². The van der Waals surface area contributed by atoms with E-state index in [9.17, 15) is 22.0 Å². The molecule has 1 fully saturated rings. The van der Waals surface area contributed by atoms with Crippen LogP contribution in [0.2, 0.25) is 0 Å². The lowest BCUT2D eigenvalue weighted by atomic mass is 9.92. The van der Waals surface area contributed by atoms with Gasteiger partial charge in [0.05, 0.1) is 4.90 Å². The van der Waals surface area contributed by atoms with Crippen molar-refractivity contribution in [1.82, 2.24) is 9.62 Å². The summed E-state index contributed by atoms with van der Waals surface area (Å²) in [4.78, 5) is 13.6. The van der Waals surface area contributed by atoms with Crippen molar-refractivity contribution < 1.29 is 22.0 Å². The zero-order valence-corrected chi connectivity index (χ0v) is 16.1. The molecule has 6 nitrogen and oxygen atoms in total. The number of nitrogens with zero attached hydrogens (tertiary/aromatic N) is 1. The van der Waals surface area contributed by atoms with Crippen LogP contribution in [0.25, 0.3) is 0 Å². The minimum Gasteiger partial charge on any atom is -0.338 e.